The molecule has 1 saturated heterocycles. The third-order valence-electron chi connectivity index (χ3n) is 5.97. The molecule has 3 aromatic rings. The zero-order chi connectivity index (χ0) is 25.8. The molecule has 2 heterocycles. The molecule has 0 radical (unpaired) electrons. The molecule has 5 rings (SSSR count). The van der Waals surface area contributed by atoms with Gasteiger partial charge < -0.3 is 14.8 Å². The van der Waals surface area contributed by atoms with Crippen molar-refractivity contribution in [1.82, 2.24) is 10.2 Å². The second kappa shape index (κ2) is 11.2. The molecule has 1 unspecified atom stereocenters. The Hall–Kier alpha value is -3.56. The molecule has 188 valence electrons. The van der Waals surface area contributed by atoms with Crippen molar-refractivity contribution in [3.05, 3.63) is 112 Å². The van der Waals surface area contributed by atoms with E-state index in [9.17, 15) is 14.4 Å². The van der Waals surface area contributed by atoms with Crippen molar-refractivity contribution >= 4 is 45.5 Å². The summed E-state index contributed by atoms with van der Waals surface area (Å²) in [7, 11) is 0. The SMILES string of the molecule is O=C(COc1ccccc1)NC1C(=O)N2C(C(=O)OC(c3ccccc3)c3ccccc3)=C(Br)CS[C@@H]12. The van der Waals surface area contributed by atoms with E-state index in [-0.39, 0.29) is 18.2 Å². The number of β-lactam (4-membered cyclic amide) rings is 1. The van der Waals surface area contributed by atoms with Crippen LogP contribution in [0.4, 0.5) is 0 Å². The van der Waals surface area contributed by atoms with Gasteiger partial charge in [-0.1, -0.05) is 94.8 Å². The quantitative estimate of drug-likeness (QED) is 0.315. The Balaban J connectivity index is 1.28. The van der Waals surface area contributed by atoms with Gasteiger partial charge in [-0.15, -0.1) is 11.8 Å². The van der Waals surface area contributed by atoms with Crippen LogP contribution in [0.15, 0.2) is 101 Å². The van der Waals surface area contributed by atoms with Gasteiger partial charge in [0.25, 0.3) is 11.8 Å². The van der Waals surface area contributed by atoms with E-state index in [1.54, 1.807) is 12.1 Å². The molecule has 0 spiro atoms. The Morgan fingerprint density at radius 1 is 0.946 bits per heavy atom. The van der Waals surface area contributed by atoms with Crippen molar-refractivity contribution in [2.24, 2.45) is 0 Å². The molecule has 0 aliphatic carbocycles. The highest BCUT2D eigenvalue weighted by Gasteiger charge is 2.54. The van der Waals surface area contributed by atoms with Crippen molar-refractivity contribution in [2.45, 2.75) is 17.5 Å². The fraction of sp³-hybridized carbons (Fsp3) is 0.179. The minimum Gasteiger partial charge on any atom is -0.484 e. The molecular weight excluding hydrogens is 556 g/mol. The Morgan fingerprint density at radius 2 is 1.51 bits per heavy atom. The summed E-state index contributed by atoms with van der Waals surface area (Å²) in [4.78, 5) is 40.4. The highest BCUT2D eigenvalue weighted by atomic mass is 79.9. The maximum Gasteiger partial charge on any atom is 0.356 e. The van der Waals surface area contributed by atoms with Crippen LogP contribution in [0.5, 0.6) is 5.75 Å². The van der Waals surface area contributed by atoms with Crippen LogP contribution in [-0.2, 0) is 19.1 Å². The average Bonchev–Trinajstić information content (AvgIpc) is 2.94. The molecule has 2 amide bonds. The number of para-hydroxylation sites is 1. The lowest BCUT2D eigenvalue weighted by molar-refractivity contribution is -0.154. The van der Waals surface area contributed by atoms with Gasteiger partial charge in [0.1, 0.15) is 22.9 Å². The number of thioether (sulfide) groups is 1. The van der Waals surface area contributed by atoms with Crippen molar-refractivity contribution < 1.29 is 23.9 Å². The van der Waals surface area contributed by atoms with E-state index < -0.39 is 29.4 Å². The smallest absolute Gasteiger partial charge is 0.356 e. The number of carbonyl (C=O) groups is 3. The van der Waals surface area contributed by atoms with Crippen LogP contribution in [0.1, 0.15) is 17.2 Å². The summed E-state index contributed by atoms with van der Waals surface area (Å²) in [6.07, 6.45) is -0.641. The molecule has 0 bridgehead atoms. The highest BCUT2D eigenvalue weighted by molar-refractivity contribution is 9.11. The summed E-state index contributed by atoms with van der Waals surface area (Å²) in [5.41, 5.74) is 1.80. The van der Waals surface area contributed by atoms with Gasteiger partial charge in [-0.25, -0.2) is 4.79 Å². The van der Waals surface area contributed by atoms with E-state index in [1.807, 2.05) is 78.9 Å². The number of hydrogen-bond donors (Lipinski definition) is 1. The zero-order valence-electron chi connectivity index (χ0n) is 19.6. The van der Waals surface area contributed by atoms with Crippen LogP contribution in [0, 0.1) is 0 Å². The number of nitrogens with zero attached hydrogens (tertiary/aromatic N) is 1. The minimum absolute atomic E-state index is 0.164. The number of hydrogen-bond acceptors (Lipinski definition) is 6. The van der Waals surface area contributed by atoms with Gasteiger partial charge in [0.15, 0.2) is 12.7 Å². The maximum atomic E-state index is 13.5. The number of fused-ring (bicyclic) bond motifs is 1. The van der Waals surface area contributed by atoms with Gasteiger partial charge >= 0.3 is 5.97 Å². The summed E-state index contributed by atoms with van der Waals surface area (Å²) in [6.45, 7) is -0.213. The number of carbonyl (C=O) groups excluding carboxylic acids is 3. The third-order valence-corrected chi connectivity index (χ3v) is 8.28. The molecule has 7 nitrogen and oxygen atoms in total. The lowest BCUT2D eigenvalue weighted by atomic mass is 10.0. The summed E-state index contributed by atoms with van der Waals surface area (Å²) in [5, 5.41) is 2.32. The maximum absolute atomic E-state index is 13.5. The number of rotatable bonds is 8. The van der Waals surface area contributed by atoms with Crippen molar-refractivity contribution in [3.63, 3.8) is 0 Å². The minimum atomic E-state index is -0.751. The van der Waals surface area contributed by atoms with Crippen molar-refractivity contribution in [3.8, 4) is 5.75 Å². The second-order valence-corrected chi connectivity index (χ2v) is 10.5. The summed E-state index contributed by atoms with van der Waals surface area (Å²) >= 11 is 4.92. The first kappa shape index (κ1) is 25.1. The van der Waals surface area contributed by atoms with Gasteiger partial charge in [-0.05, 0) is 23.3 Å². The monoisotopic (exact) mass is 578 g/mol. The molecule has 9 heteroatoms. The first-order valence-corrected chi connectivity index (χ1v) is 13.5. The van der Waals surface area contributed by atoms with E-state index in [1.165, 1.54) is 16.7 Å². The number of amides is 2. The predicted molar refractivity (Wildman–Crippen MR) is 144 cm³/mol. The van der Waals surface area contributed by atoms with E-state index in [4.69, 9.17) is 9.47 Å². The average molecular weight is 579 g/mol. The van der Waals surface area contributed by atoms with Gasteiger partial charge in [0, 0.05) is 10.2 Å². The van der Waals surface area contributed by atoms with E-state index in [0.29, 0.717) is 16.0 Å². The molecule has 2 aliphatic heterocycles. The van der Waals surface area contributed by atoms with Gasteiger partial charge in [0.05, 0.1) is 0 Å². The highest BCUT2D eigenvalue weighted by Crippen LogP contribution is 2.43. The molecule has 0 aromatic heterocycles. The number of nitrogens with one attached hydrogen (secondary N) is 1. The summed E-state index contributed by atoms with van der Waals surface area (Å²) < 4.78 is 12.1. The lowest BCUT2D eigenvalue weighted by Gasteiger charge is -2.49. The second-order valence-electron chi connectivity index (χ2n) is 8.42. The lowest BCUT2D eigenvalue weighted by Crippen LogP contribution is -2.70. The van der Waals surface area contributed by atoms with Crippen LogP contribution >= 0.6 is 27.7 Å². The molecule has 1 fully saturated rings. The Morgan fingerprint density at radius 3 is 2.11 bits per heavy atom. The summed E-state index contributed by atoms with van der Waals surface area (Å²) in [5.74, 6) is -0.360. The predicted octanol–water partition coefficient (Wildman–Crippen LogP) is 4.40. The van der Waals surface area contributed by atoms with Gasteiger partial charge in [0.2, 0.25) is 0 Å². The van der Waals surface area contributed by atoms with E-state index >= 15 is 0 Å². The Kier molecular flexibility index (Phi) is 7.62. The summed E-state index contributed by atoms with van der Waals surface area (Å²) in [6, 6.07) is 27.1. The molecule has 2 atom stereocenters. The molecule has 1 N–H and O–H groups in total. The molecule has 37 heavy (non-hydrogen) atoms. The molecule has 2 aliphatic rings. The van der Waals surface area contributed by atoms with Gasteiger partial charge in [-0.3, -0.25) is 14.5 Å². The number of halogens is 1. The van der Waals surface area contributed by atoms with E-state index in [0.717, 1.165) is 11.1 Å². The number of benzene rings is 3. The molecule has 0 saturated carbocycles. The van der Waals surface area contributed by atoms with Crippen LogP contribution in [0.2, 0.25) is 0 Å². The largest absolute Gasteiger partial charge is 0.484 e. The number of esters is 1. The topological polar surface area (TPSA) is 84.9 Å². The fourth-order valence-corrected chi connectivity index (χ4v) is 6.14. The van der Waals surface area contributed by atoms with Crippen LogP contribution < -0.4 is 10.1 Å². The first-order valence-electron chi connectivity index (χ1n) is 11.6. The molecular formula is C28H23BrN2O5S. The normalized spacial score (nSPS) is 18.6. The van der Waals surface area contributed by atoms with Crippen LogP contribution in [-0.4, -0.2) is 46.5 Å². The van der Waals surface area contributed by atoms with Crippen molar-refractivity contribution in [1.29, 1.82) is 0 Å². The van der Waals surface area contributed by atoms with Crippen LogP contribution in [0.25, 0.3) is 0 Å². The van der Waals surface area contributed by atoms with E-state index in [2.05, 4.69) is 21.2 Å². The van der Waals surface area contributed by atoms with Crippen molar-refractivity contribution in [2.75, 3.05) is 12.4 Å². The van der Waals surface area contributed by atoms with Gasteiger partial charge in [-0.2, -0.15) is 0 Å². The van der Waals surface area contributed by atoms with Crippen LogP contribution in [0.3, 0.4) is 0 Å². The third kappa shape index (κ3) is 5.42. The fourth-order valence-electron chi connectivity index (χ4n) is 4.20. The Labute approximate surface area is 227 Å². The Bertz CT molecular complexity index is 1280. The standard InChI is InChI=1S/C28H23BrN2O5S/c29-21-17-37-27-23(30-22(32)16-35-20-14-8-3-9-15-20)26(33)31(27)24(21)28(34)36-25(18-10-4-1-5-11-18)19-12-6-2-7-13-19/h1-15,23,25,27H,16-17H2,(H,30,32)/t23?,27-/m0/s1. The first-order chi connectivity index (χ1) is 18.0. The molecule has 3 aromatic carbocycles. The zero-order valence-corrected chi connectivity index (χ0v) is 22.0. The number of ether oxygens (including phenoxy) is 2.